The zero-order valence-electron chi connectivity index (χ0n) is 11.7. The molecule has 5 nitrogen and oxygen atoms in total. The van der Waals surface area contributed by atoms with Crippen molar-refractivity contribution in [1.82, 2.24) is 4.90 Å². The van der Waals surface area contributed by atoms with Gasteiger partial charge in [0.05, 0.1) is 17.7 Å². The van der Waals surface area contributed by atoms with Crippen LogP contribution in [0.25, 0.3) is 0 Å². The van der Waals surface area contributed by atoms with Crippen molar-refractivity contribution in [2.24, 2.45) is 0 Å². The number of piperidine rings is 1. The largest absolute Gasteiger partial charge is 0.483 e. The maximum atomic E-state index is 12.2. The Morgan fingerprint density at radius 3 is 2.57 bits per heavy atom. The fourth-order valence-electron chi connectivity index (χ4n) is 2.68. The Hall–Kier alpha value is -1.11. The van der Waals surface area contributed by atoms with Gasteiger partial charge in [-0.2, -0.15) is 0 Å². The summed E-state index contributed by atoms with van der Waals surface area (Å²) in [6.45, 7) is 2.66. The smallest absolute Gasteiger partial charge is 0.260 e. The van der Waals surface area contributed by atoms with E-state index in [0.717, 1.165) is 17.3 Å². The van der Waals surface area contributed by atoms with Gasteiger partial charge in [0.15, 0.2) is 12.4 Å². The van der Waals surface area contributed by atoms with Crippen molar-refractivity contribution in [3.8, 4) is 5.75 Å². The maximum Gasteiger partial charge on any atom is 0.260 e. The van der Waals surface area contributed by atoms with Crippen LogP contribution in [0.1, 0.15) is 12.8 Å². The van der Waals surface area contributed by atoms with E-state index < -0.39 is 5.79 Å². The standard InChI is InChI=1S/C15H18BrNO4/c16-12-3-1-2-4-13(12)19-11-14(18)17-7-5-15(6-8-17)20-9-10-21-15/h1-4H,5-11H2. The molecule has 0 saturated carbocycles. The van der Waals surface area contributed by atoms with E-state index in [4.69, 9.17) is 14.2 Å². The molecule has 1 spiro atoms. The number of halogens is 1. The van der Waals surface area contributed by atoms with E-state index in [1.165, 1.54) is 0 Å². The first-order chi connectivity index (χ1) is 10.2. The molecule has 1 aromatic carbocycles. The van der Waals surface area contributed by atoms with Crippen LogP contribution in [0.4, 0.5) is 0 Å². The van der Waals surface area contributed by atoms with Gasteiger partial charge in [0.25, 0.3) is 5.91 Å². The van der Waals surface area contributed by atoms with Crippen molar-refractivity contribution in [3.05, 3.63) is 28.7 Å². The molecule has 3 rings (SSSR count). The van der Waals surface area contributed by atoms with E-state index in [1.54, 1.807) is 0 Å². The van der Waals surface area contributed by atoms with E-state index in [1.807, 2.05) is 29.2 Å². The molecule has 6 heteroatoms. The molecule has 2 fully saturated rings. The highest BCUT2D eigenvalue weighted by atomic mass is 79.9. The quantitative estimate of drug-likeness (QED) is 0.833. The highest BCUT2D eigenvalue weighted by Gasteiger charge is 2.40. The van der Waals surface area contributed by atoms with Gasteiger partial charge in [0, 0.05) is 25.9 Å². The fraction of sp³-hybridized carbons (Fsp3) is 0.533. The van der Waals surface area contributed by atoms with E-state index >= 15 is 0 Å². The van der Waals surface area contributed by atoms with Gasteiger partial charge in [-0.1, -0.05) is 12.1 Å². The van der Waals surface area contributed by atoms with Crippen molar-refractivity contribution in [1.29, 1.82) is 0 Å². The second kappa shape index (κ2) is 6.34. The van der Waals surface area contributed by atoms with Gasteiger partial charge in [-0.05, 0) is 28.1 Å². The minimum Gasteiger partial charge on any atom is -0.483 e. The lowest BCUT2D eigenvalue weighted by Gasteiger charge is -2.37. The molecule has 2 aliphatic rings. The molecule has 2 aliphatic heterocycles. The van der Waals surface area contributed by atoms with Gasteiger partial charge < -0.3 is 19.1 Å². The number of benzene rings is 1. The number of nitrogens with zero attached hydrogens (tertiary/aromatic N) is 1. The van der Waals surface area contributed by atoms with Gasteiger partial charge >= 0.3 is 0 Å². The van der Waals surface area contributed by atoms with Gasteiger partial charge in [-0.3, -0.25) is 4.79 Å². The first-order valence-corrected chi connectivity index (χ1v) is 7.91. The van der Waals surface area contributed by atoms with Crippen molar-refractivity contribution in [2.75, 3.05) is 32.9 Å². The minimum atomic E-state index is -0.444. The SMILES string of the molecule is O=C(COc1ccccc1Br)N1CCC2(CC1)OCCO2. The second-order valence-corrected chi connectivity index (χ2v) is 6.06. The number of likely N-dealkylation sites (tertiary alicyclic amines) is 1. The lowest BCUT2D eigenvalue weighted by Crippen LogP contribution is -2.48. The molecule has 0 bridgehead atoms. The molecule has 0 unspecified atom stereocenters. The number of hydrogen-bond acceptors (Lipinski definition) is 4. The van der Waals surface area contributed by atoms with Crippen LogP contribution in [0.15, 0.2) is 28.7 Å². The monoisotopic (exact) mass is 355 g/mol. The summed E-state index contributed by atoms with van der Waals surface area (Å²) >= 11 is 3.40. The molecule has 0 N–H and O–H groups in total. The van der Waals surface area contributed by atoms with Crippen molar-refractivity contribution < 1.29 is 19.0 Å². The van der Waals surface area contributed by atoms with Crippen LogP contribution in [0.5, 0.6) is 5.75 Å². The molecular formula is C15H18BrNO4. The molecular weight excluding hydrogens is 338 g/mol. The van der Waals surface area contributed by atoms with Crippen molar-refractivity contribution >= 4 is 21.8 Å². The molecule has 0 aliphatic carbocycles. The normalized spacial score (nSPS) is 20.7. The van der Waals surface area contributed by atoms with Crippen LogP contribution in [0.3, 0.4) is 0 Å². The van der Waals surface area contributed by atoms with E-state index in [-0.39, 0.29) is 12.5 Å². The number of rotatable bonds is 3. The average Bonchev–Trinajstić information content (AvgIpc) is 2.95. The minimum absolute atomic E-state index is 0.00130. The highest BCUT2D eigenvalue weighted by Crippen LogP contribution is 2.31. The Morgan fingerprint density at radius 1 is 1.24 bits per heavy atom. The summed E-state index contributed by atoms with van der Waals surface area (Å²) in [5, 5.41) is 0. The fourth-order valence-corrected chi connectivity index (χ4v) is 3.07. The van der Waals surface area contributed by atoms with Crippen LogP contribution >= 0.6 is 15.9 Å². The molecule has 2 saturated heterocycles. The van der Waals surface area contributed by atoms with Crippen LogP contribution in [-0.2, 0) is 14.3 Å². The zero-order valence-corrected chi connectivity index (χ0v) is 13.3. The topological polar surface area (TPSA) is 48.0 Å². The van der Waals surface area contributed by atoms with Gasteiger partial charge in [-0.15, -0.1) is 0 Å². The third-order valence-electron chi connectivity index (χ3n) is 3.88. The molecule has 1 amide bonds. The summed E-state index contributed by atoms with van der Waals surface area (Å²) in [6, 6.07) is 7.51. The number of amides is 1. The van der Waals surface area contributed by atoms with Gasteiger partial charge in [0.1, 0.15) is 5.75 Å². The highest BCUT2D eigenvalue weighted by molar-refractivity contribution is 9.10. The van der Waals surface area contributed by atoms with Crippen LogP contribution in [0, 0.1) is 0 Å². The first kappa shape index (κ1) is 14.8. The van der Waals surface area contributed by atoms with E-state index in [9.17, 15) is 4.79 Å². The Kier molecular flexibility index (Phi) is 4.47. The van der Waals surface area contributed by atoms with E-state index in [2.05, 4.69) is 15.9 Å². The summed E-state index contributed by atoms with van der Waals surface area (Å²) < 4.78 is 17.7. The molecule has 0 aromatic heterocycles. The maximum absolute atomic E-state index is 12.2. The first-order valence-electron chi connectivity index (χ1n) is 7.12. The molecule has 1 aromatic rings. The summed E-state index contributed by atoms with van der Waals surface area (Å²) in [4.78, 5) is 14.0. The predicted octanol–water partition coefficient (Wildman–Crippen LogP) is 2.19. The van der Waals surface area contributed by atoms with E-state index in [0.29, 0.717) is 32.1 Å². The molecule has 0 radical (unpaired) electrons. The van der Waals surface area contributed by atoms with Crippen molar-refractivity contribution in [2.45, 2.75) is 18.6 Å². The molecule has 0 atom stereocenters. The lowest BCUT2D eigenvalue weighted by molar-refractivity contribution is -0.187. The van der Waals surface area contributed by atoms with Crippen LogP contribution in [0.2, 0.25) is 0 Å². The van der Waals surface area contributed by atoms with Crippen LogP contribution < -0.4 is 4.74 Å². The molecule has 21 heavy (non-hydrogen) atoms. The van der Waals surface area contributed by atoms with Crippen LogP contribution in [-0.4, -0.2) is 49.5 Å². The number of carbonyl (C=O) groups excluding carboxylic acids is 1. The second-order valence-electron chi connectivity index (χ2n) is 5.21. The van der Waals surface area contributed by atoms with Crippen molar-refractivity contribution in [3.63, 3.8) is 0 Å². The third-order valence-corrected chi connectivity index (χ3v) is 4.53. The zero-order chi connectivity index (χ0) is 14.7. The van der Waals surface area contributed by atoms with Gasteiger partial charge in [0.2, 0.25) is 0 Å². The predicted molar refractivity (Wildman–Crippen MR) is 80.1 cm³/mol. The average molecular weight is 356 g/mol. The number of ether oxygens (including phenoxy) is 3. The third kappa shape index (κ3) is 3.39. The Balaban J connectivity index is 1.49. The Morgan fingerprint density at radius 2 is 1.90 bits per heavy atom. The van der Waals surface area contributed by atoms with Gasteiger partial charge in [-0.25, -0.2) is 0 Å². The number of hydrogen-bond donors (Lipinski definition) is 0. The summed E-state index contributed by atoms with van der Waals surface area (Å²) in [5.41, 5.74) is 0. The summed E-state index contributed by atoms with van der Waals surface area (Å²) in [5.74, 6) is 0.237. The lowest BCUT2D eigenvalue weighted by atomic mass is 10.0. The Bertz CT molecular complexity index is 506. The summed E-state index contributed by atoms with van der Waals surface area (Å²) in [7, 11) is 0. The number of carbonyl (C=O) groups is 1. The Labute approximate surface area is 132 Å². The molecule has 114 valence electrons. The number of para-hydroxylation sites is 1. The molecule has 2 heterocycles. The summed E-state index contributed by atoms with van der Waals surface area (Å²) in [6.07, 6.45) is 1.46.